The average molecular weight is 257 g/mol. The van der Waals surface area contributed by atoms with Crippen LogP contribution in [0.25, 0.3) is 0 Å². The zero-order chi connectivity index (χ0) is 13.5. The molecule has 19 heavy (non-hydrogen) atoms. The highest BCUT2D eigenvalue weighted by atomic mass is 16.6. The summed E-state index contributed by atoms with van der Waals surface area (Å²) in [7, 11) is 0. The summed E-state index contributed by atoms with van der Waals surface area (Å²) in [5, 5.41) is 3.98. The molecular formula is C14H15N3O2. The molecule has 0 aliphatic carbocycles. The van der Waals surface area contributed by atoms with Crippen LogP contribution in [0, 0.1) is 0 Å². The third kappa shape index (κ3) is 3.77. The third-order valence-corrected chi connectivity index (χ3v) is 2.36. The van der Waals surface area contributed by atoms with Gasteiger partial charge in [-0.15, -0.1) is 0 Å². The number of benzene rings is 1. The van der Waals surface area contributed by atoms with E-state index in [2.05, 4.69) is 15.1 Å². The van der Waals surface area contributed by atoms with Gasteiger partial charge in [0.1, 0.15) is 12.4 Å². The van der Waals surface area contributed by atoms with Gasteiger partial charge in [-0.1, -0.05) is 5.16 Å². The van der Waals surface area contributed by atoms with Gasteiger partial charge in [0.2, 0.25) is 5.88 Å². The molecule has 0 fully saturated rings. The van der Waals surface area contributed by atoms with E-state index in [1.807, 2.05) is 38.1 Å². The molecule has 0 N–H and O–H groups in total. The Bertz CT molecular complexity index is 538. The number of rotatable bonds is 5. The normalized spacial score (nSPS) is 11.2. The second-order valence-electron chi connectivity index (χ2n) is 3.76. The van der Waals surface area contributed by atoms with E-state index >= 15 is 0 Å². The van der Waals surface area contributed by atoms with Gasteiger partial charge in [-0.25, -0.2) is 4.98 Å². The first-order valence-electron chi connectivity index (χ1n) is 6.00. The van der Waals surface area contributed by atoms with Gasteiger partial charge < -0.3 is 9.57 Å². The summed E-state index contributed by atoms with van der Waals surface area (Å²) >= 11 is 0. The highest BCUT2D eigenvalue weighted by Gasteiger charge is 2.01. The van der Waals surface area contributed by atoms with E-state index in [4.69, 9.17) is 9.57 Å². The quantitative estimate of drug-likeness (QED) is 0.610. The van der Waals surface area contributed by atoms with E-state index in [1.54, 1.807) is 18.6 Å². The SMILES string of the molecule is CCO/N=C(/C)c1ccc(Oc2cnccn2)cc1. The summed E-state index contributed by atoms with van der Waals surface area (Å²) in [6.45, 7) is 4.36. The van der Waals surface area contributed by atoms with Crippen molar-refractivity contribution < 1.29 is 9.57 Å². The molecule has 0 amide bonds. The zero-order valence-corrected chi connectivity index (χ0v) is 10.9. The lowest BCUT2D eigenvalue weighted by atomic mass is 10.1. The summed E-state index contributed by atoms with van der Waals surface area (Å²) in [5.41, 5.74) is 1.81. The van der Waals surface area contributed by atoms with Gasteiger partial charge in [0.15, 0.2) is 0 Å². The fraction of sp³-hybridized carbons (Fsp3) is 0.214. The molecule has 0 saturated heterocycles. The lowest BCUT2D eigenvalue weighted by Crippen LogP contribution is -1.96. The molecule has 0 aliphatic heterocycles. The molecule has 0 saturated carbocycles. The Hall–Kier alpha value is -2.43. The lowest BCUT2D eigenvalue weighted by molar-refractivity contribution is 0.159. The summed E-state index contributed by atoms with van der Waals surface area (Å²) in [5.74, 6) is 1.17. The van der Waals surface area contributed by atoms with Crippen molar-refractivity contribution in [3.63, 3.8) is 0 Å². The molecule has 0 atom stereocenters. The maximum absolute atomic E-state index is 5.55. The topological polar surface area (TPSA) is 56.6 Å². The van der Waals surface area contributed by atoms with Crippen LogP contribution < -0.4 is 4.74 Å². The molecule has 0 aliphatic rings. The van der Waals surface area contributed by atoms with Crippen LogP contribution in [0.15, 0.2) is 48.0 Å². The molecule has 1 aromatic carbocycles. The van der Waals surface area contributed by atoms with Crippen LogP contribution in [0.3, 0.4) is 0 Å². The standard InChI is InChI=1S/C14H15N3O2/c1-3-18-17-11(2)12-4-6-13(7-5-12)19-14-10-15-8-9-16-14/h4-10H,3H2,1-2H3/b17-11-. The predicted molar refractivity (Wildman–Crippen MR) is 72.4 cm³/mol. The van der Waals surface area contributed by atoms with E-state index in [1.165, 1.54) is 0 Å². The number of hydrogen-bond acceptors (Lipinski definition) is 5. The average Bonchev–Trinajstić information content (AvgIpc) is 2.46. The number of oxime groups is 1. The molecule has 2 rings (SSSR count). The molecule has 5 heteroatoms. The first-order valence-corrected chi connectivity index (χ1v) is 6.00. The largest absolute Gasteiger partial charge is 0.438 e. The van der Waals surface area contributed by atoms with Crippen molar-refractivity contribution in [2.75, 3.05) is 6.61 Å². The van der Waals surface area contributed by atoms with Gasteiger partial charge in [-0.2, -0.15) is 0 Å². The van der Waals surface area contributed by atoms with Gasteiger partial charge in [0.05, 0.1) is 11.9 Å². The van der Waals surface area contributed by atoms with Crippen LogP contribution in [-0.2, 0) is 4.84 Å². The van der Waals surface area contributed by atoms with E-state index < -0.39 is 0 Å². The summed E-state index contributed by atoms with van der Waals surface area (Å²) in [6, 6.07) is 7.55. The Morgan fingerprint density at radius 1 is 1.21 bits per heavy atom. The first-order chi connectivity index (χ1) is 9.29. The molecule has 1 aromatic heterocycles. The number of nitrogens with zero attached hydrogens (tertiary/aromatic N) is 3. The van der Waals surface area contributed by atoms with Crippen molar-refractivity contribution in [3.05, 3.63) is 48.4 Å². The third-order valence-electron chi connectivity index (χ3n) is 2.36. The Labute approximate surface area is 111 Å². The van der Waals surface area contributed by atoms with Gasteiger partial charge in [-0.05, 0) is 43.7 Å². The molecule has 5 nitrogen and oxygen atoms in total. The lowest BCUT2D eigenvalue weighted by Gasteiger charge is -2.05. The minimum atomic E-state index is 0.468. The van der Waals surface area contributed by atoms with Crippen molar-refractivity contribution in [1.29, 1.82) is 0 Å². The van der Waals surface area contributed by atoms with Crippen LogP contribution in [0.4, 0.5) is 0 Å². The minimum absolute atomic E-state index is 0.468. The molecular weight excluding hydrogens is 242 g/mol. The number of aromatic nitrogens is 2. The molecule has 1 heterocycles. The predicted octanol–water partition coefficient (Wildman–Crippen LogP) is 3.03. The van der Waals surface area contributed by atoms with Crippen molar-refractivity contribution in [1.82, 2.24) is 9.97 Å². The Morgan fingerprint density at radius 3 is 2.63 bits per heavy atom. The van der Waals surface area contributed by atoms with Gasteiger partial charge in [0, 0.05) is 12.4 Å². The van der Waals surface area contributed by atoms with Crippen molar-refractivity contribution >= 4 is 5.71 Å². The van der Waals surface area contributed by atoms with Gasteiger partial charge >= 0.3 is 0 Å². The minimum Gasteiger partial charge on any atom is -0.438 e. The summed E-state index contributed by atoms with van der Waals surface area (Å²) < 4.78 is 5.55. The van der Waals surface area contributed by atoms with Crippen molar-refractivity contribution in [2.24, 2.45) is 5.16 Å². The Kier molecular flexibility index (Phi) is 4.44. The van der Waals surface area contributed by atoms with Crippen LogP contribution in [0.2, 0.25) is 0 Å². The zero-order valence-electron chi connectivity index (χ0n) is 10.9. The maximum atomic E-state index is 5.55. The van der Waals surface area contributed by atoms with E-state index in [9.17, 15) is 0 Å². The first kappa shape index (κ1) is 13.0. The van der Waals surface area contributed by atoms with Crippen LogP contribution in [0.5, 0.6) is 11.6 Å². The Balaban J connectivity index is 2.06. The molecule has 0 bridgehead atoms. The van der Waals surface area contributed by atoms with E-state index in [0.717, 1.165) is 11.3 Å². The smallest absolute Gasteiger partial charge is 0.237 e. The maximum Gasteiger partial charge on any atom is 0.237 e. The highest BCUT2D eigenvalue weighted by molar-refractivity contribution is 5.98. The van der Waals surface area contributed by atoms with E-state index in [-0.39, 0.29) is 0 Å². The molecule has 0 unspecified atom stereocenters. The summed E-state index contributed by atoms with van der Waals surface area (Å²) in [6.07, 6.45) is 4.75. The van der Waals surface area contributed by atoms with Gasteiger partial charge in [-0.3, -0.25) is 4.98 Å². The molecule has 2 aromatic rings. The Morgan fingerprint density at radius 2 is 2.00 bits per heavy atom. The number of hydrogen-bond donors (Lipinski definition) is 0. The monoisotopic (exact) mass is 257 g/mol. The molecule has 0 spiro atoms. The second-order valence-corrected chi connectivity index (χ2v) is 3.76. The molecule has 98 valence electrons. The summed E-state index contributed by atoms with van der Waals surface area (Å²) in [4.78, 5) is 13.0. The van der Waals surface area contributed by atoms with Gasteiger partial charge in [0.25, 0.3) is 0 Å². The van der Waals surface area contributed by atoms with Crippen LogP contribution in [0.1, 0.15) is 19.4 Å². The fourth-order valence-electron chi connectivity index (χ4n) is 1.44. The van der Waals surface area contributed by atoms with Crippen molar-refractivity contribution in [3.8, 4) is 11.6 Å². The highest BCUT2D eigenvalue weighted by Crippen LogP contribution is 2.18. The van der Waals surface area contributed by atoms with E-state index in [0.29, 0.717) is 18.2 Å². The molecule has 0 radical (unpaired) electrons. The second kappa shape index (κ2) is 6.49. The van der Waals surface area contributed by atoms with Crippen LogP contribution >= 0.6 is 0 Å². The van der Waals surface area contributed by atoms with Crippen molar-refractivity contribution in [2.45, 2.75) is 13.8 Å². The van der Waals surface area contributed by atoms with Crippen LogP contribution in [-0.4, -0.2) is 22.3 Å². The fourth-order valence-corrected chi connectivity index (χ4v) is 1.44. The number of ether oxygens (including phenoxy) is 1.